The van der Waals surface area contributed by atoms with Gasteiger partial charge in [-0.25, -0.2) is 19.3 Å². The maximum absolute atomic E-state index is 14.9. The van der Waals surface area contributed by atoms with Gasteiger partial charge in [0.15, 0.2) is 17.3 Å². The summed E-state index contributed by atoms with van der Waals surface area (Å²) < 4.78 is 16.5. The smallest absolute Gasteiger partial charge is 0.258 e. The highest BCUT2D eigenvalue weighted by atomic mass is 32.1. The molecule has 2 aliphatic rings. The van der Waals surface area contributed by atoms with Crippen molar-refractivity contribution in [2.75, 3.05) is 31.6 Å². The van der Waals surface area contributed by atoms with Gasteiger partial charge in [-0.2, -0.15) is 0 Å². The van der Waals surface area contributed by atoms with Gasteiger partial charge in [0.25, 0.3) is 5.91 Å². The summed E-state index contributed by atoms with van der Waals surface area (Å²) in [5.74, 6) is 0.396. The van der Waals surface area contributed by atoms with Crippen LogP contribution in [-0.4, -0.2) is 62.9 Å². The Balaban J connectivity index is 1.55. The maximum atomic E-state index is 14.9. The Bertz CT molecular complexity index is 1380. The van der Waals surface area contributed by atoms with Crippen LogP contribution in [0.2, 0.25) is 0 Å². The first-order valence-corrected chi connectivity index (χ1v) is 10.9. The van der Waals surface area contributed by atoms with Crippen molar-refractivity contribution in [3.05, 3.63) is 40.9 Å². The molecule has 2 atom stereocenters. The summed E-state index contributed by atoms with van der Waals surface area (Å²) in [6, 6.07) is 3.47. The molecule has 158 valence electrons. The molecule has 0 radical (unpaired) electrons. The van der Waals surface area contributed by atoms with Crippen LogP contribution in [0.5, 0.6) is 0 Å². The monoisotopic (exact) mass is 437 g/mol. The lowest BCUT2D eigenvalue weighted by Crippen LogP contribution is -2.56. The van der Waals surface area contributed by atoms with Crippen LogP contribution in [0.4, 0.5) is 10.2 Å². The lowest BCUT2D eigenvalue weighted by atomic mass is 9.91. The molecule has 2 aliphatic heterocycles. The Hall–Kier alpha value is -3.11. The minimum Gasteiger partial charge on any atom is -0.365 e. The molecule has 31 heavy (non-hydrogen) atoms. The van der Waals surface area contributed by atoms with E-state index in [0.717, 1.165) is 31.1 Å². The molecule has 2 N–H and O–H groups in total. The molecule has 0 unspecified atom stereocenters. The molecular weight excluding hydrogens is 417 g/mol. The van der Waals surface area contributed by atoms with E-state index in [0.29, 0.717) is 38.4 Å². The van der Waals surface area contributed by atoms with E-state index in [1.807, 2.05) is 13.1 Å². The van der Waals surface area contributed by atoms with Gasteiger partial charge in [0, 0.05) is 49.6 Å². The molecule has 0 aromatic carbocycles. The van der Waals surface area contributed by atoms with Gasteiger partial charge in [-0.05, 0) is 26.1 Å². The van der Waals surface area contributed by atoms with E-state index in [1.165, 1.54) is 17.4 Å². The van der Waals surface area contributed by atoms with Crippen molar-refractivity contribution in [3.8, 4) is 11.3 Å². The standard InChI is InChI=1S/C21H20FN7OS/c1-10-5-28-7-11(3-13(22)19(28)24-10)17-20(29-8-12-6-27(2)9-15(12)29)26-21-14(25-17)4-16(31-21)18(23)30/h3-5,7,12,15H,6,8-9H2,1-2H3,(H2,23,30)/t12-,15-/m0/s1. The lowest BCUT2D eigenvalue weighted by Gasteiger charge is -2.45. The van der Waals surface area contributed by atoms with Gasteiger partial charge in [0.1, 0.15) is 16.0 Å². The van der Waals surface area contributed by atoms with E-state index in [9.17, 15) is 9.18 Å². The van der Waals surface area contributed by atoms with Crippen LogP contribution in [0.25, 0.3) is 27.3 Å². The van der Waals surface area contributed by atoms with E-state index < -0.39 is 11.7 Å². The Labute approximate surface area is 181 Å². The van der Waals surface area contributed by atoms with E-state index in [-0.39, 0.29) is 5.65 Å². The molecule has 4 aromatic rings. The fourth-order valence-corrected chi connectivity index (χ4v) is 5.59. The van der Waals surface area contributed by atoms with Crippen LogP contribution >= 0.6 is 11.3 Å². The van der Waals surface area contributed by atoms with Gasteiger partial charge in [-0.1, -0.05) is 0 Å². The molecule has 6 heterocycles. The first-order chi connectivity index (χ1) is 14.9. The predicted molar refractivity (Wildman–Crippen MR) is 117 cm³/mol. The zero-order chi connectivity index (χ0) is 21.4. The normalized spacial score (nSPS) is 21.1. The molecule has 10 heteroatoms. The molecule has 0 spiro atoms. The highest BCUT2D eigenvalue weighted by Gasteiger charge is 2.46. The predicted octanol–water partition coefficient (Wildman–Crippen LogP) is 2.30. The maximum Gasteiger partial charge on any atom is 0.258 e. The van der Waals surface area contributed by atoms with Crippen LogP contribution in [0.15, 0.2) is 24.5 Å². The number of rotatable bonds is 3. The molecule has 1 amide bonds. The molecule has 0 saturated carbocycles. The van der Waals surface area contributed by atoms with Crippen LogP contribution in [0.3, 0.4) is 0 Å². The minimum absolute atomic E-state index is 0.282. The number of nitrogens with zero attached hydrogens (tertiary/aromatic N) is 6. The SMILES string of the molecule is Cc1cn2cc(-c3nc4cc(C(N)=O)sc4nc3N3C[C@@H]4CN(C)C[C@@H]43)cc(F)c2n1. The first kappa shape index (κ1) is 18.6. The number of nitrogens with two attached hydrogens (primary N) is 1. The number of imidazole rings is 1. The number of likely N-dealkylation sites (tertiary alicyclic amines) is 1. The molecule has 2 saturated heterocycles. The summed E-state index contributed by atoms with van der Waals surface area (Å²) in [4.78, 5) is 31.3. The van der Waals surface area contributed by atoms with Gasteiger partial charge in [-0.15, -0.1) is 11.3 Å². The Morgan fingerprint density at radius 2 is 2.03 bits per heavy atom. The highest BCUT2D eigenvalue weighted by Crippen LogP contribution is 2.41. The number of aromatic nitrogens is 4. The number of carbonyl (C=O) groups is 1. The summed E-state index contributed by atoms with van der Waals surface area (Å²) in [5.41, 5.74) is 8.29. The number of aryl methyl sites for hydroxylation is 1. The molecule has 0 aliphatic carbocycles. The second kappa shape index (κ2) is 6.44. The van der Waals surface area contributed by atoms with Crippen molar-refractivity contribution in [1.29, 1.82) is 0 Å². The Morgan fingerprint density at radius 3 is 2.81 bits per heavy atom. The highest BCUT2D eigenvalue weighted by molar-refractivity contribution is 7.20. The fraction of sp³-hybridized carbons (Fsp3) is 0.333. The molecule has 6 rings (SSSR count). The van der Waals surface area contributed by atoms with Gasteiger partial charge < -0.3 is 19.9 Å². The van der Waals surface area contributed by atoms with Gasteiger partial charge >= 0.3 is 0 Å². The van der Waals surface area contributed by atoms with Crippen LogP contribution in [0, 0.1) is 18.7 Å². The first-order valence-electron chi connectivity index (χ1n) is 10.1. The van der Waals surface area contributed by atoms with Gasteiger partial charge in [-0.3, -0.25) is 4.79 Å². The number of fused-ring (bicyclic) bond motifs is 3. The lowest BCUT2D eigenvalue weighted by molar-refractivity contribution is 0.100. The van der Waals surface area contributed by atoms with Crippen LogP contribution in [-0.2, 0) is 0 Å². The van der Waals surface area contributed by atoms with Gasteiger partial charge in [0.05, 0.1) is 10.6 Å². The molecule has 4 aromatic heterocycles. The van der Waals surface area contributed by atoms with Crippen molar-refractivity contribution >= 4 is 39.1 Å². The van der Waals surface area contributed by atoms with E-state index in [4.69, 9.17) is 15.7 Å². The molecule has 2 fully saturated rings. The van der Waals surface area contributed by atoms with Gasteiger partial charge in [0.2, 0.25) is 0 Å². The molecular formula is C21H20FN7OS. The number of amides is 1. The number of hydrogen-bond acceptors (Lipinski definition) is 7. The van der Waals surface area contributed by atoms with Crippen molar-refractivity contribution in [2.24, 2.45) is 11.7 Å². The Morgan fingerprint density at radius 1 is 1.19 bits per heavy atom. The van der Waals surface area contributed by atoms with Crippen molar-refractivity contribution in [2.45, 2.75) is 13.0 Å². The average molecular weight is 438 g/mol. The van der Waals surface area contributed by atoms with E-state index >= 15 is 0 Å². The number of primary amides is 1. The molecule has 8 nitrogen and oxygen atoms in total. The van der Waals surface area contributed by atoms with Crippen molar-refractivity contribution in [1.82, 2.24) is 24.3 Å². The van der Waals surface area contributed by atoms with Crippen LogP contribution < -0.4 is 10.6 Å². The summed E-state index contributed by atoms with van der Waals surface area (Å²) in [5, 5.41) is 0. The third-order valence-corrected chi connectivity index (χ3v) is 7.21. The second-order valence-electron chi connectivity index (χ2n) is 8.45. The summed E-state index contributed by atoms with van der Waals surface area (Å²) in [7, 11) is 2.12. The Kier molecular flexibility index (Phi) is 3.87. The zero-order valence-corrected chi connectivity index (χ0v) is 17.9. The largest absolute Gasteiger partial charge is 0.365 e. The van der Waals surface area contributed by atoms with E-state index in [2.05, 4.69) is 21.8 Å². The average Bonchev–Trinajstić information content (AvgIpc) is 3.37. The molecule has 0 bridgehead atoms. The number of halogens is 1. The van der Waals surface area contributed by atoms with E-state index in [1.54, 1.807) is 16.7 Å². The minimum atomic E-state index is -0.504. The second-order valence-corrected chi connectivity index (χ2v) is 9.48. The van der Waals surface area contributed by atoms with Crippen molar-refractivity contribution in [3.63, 3.8) is 0 Å². The van der Waals surface area contributed by atoms with Crippen molar-refractivity contribution < 1.29 is 9.18 Å². The summed E-state index contributed by atoms with van der Waals surface area (Å²) in [6.45, 7) is 4.73. The zero-order valence-electron chi connectivity index (χ0n) is 17.0. The third-order valence-electron chi connectivity index (χ3n) is 6.18. The quantitative estimate of drug-likeness (QED) is 0.529. The number of pyridine rings is 1. The third kappa shape index (κ3) is 2.82. The number of likely N-dealkylation sites (N-methyl/N-ethyl adjacent to an activating group) is 1. The number of hydrogen-bond donors (Lipinski definition) is 1. The summed E-state index contributed by atoms with van der Waals surface area (Å²) >= 11 is 1.24. The van der Waals surface area contributed by atoms with Crippen LogP contribution in [0.1, 0.15) is 15.4 Å². The summed E-state index contributed by atoms with van der Waals surface area (Å²) in [6.07, 6.45) is 3.62. The number of carbonyl (C=O) groups excluding carboxylic acids is 1. The fourth-order valence-electron chi connectivity index (χ4n) is 4.77. The number of anilines is 1. The number of thiophene rings is 1. The topological polar surface area (TPSA) is 92.6 Å².